The van der Waals surface area contributed by atoms with E-state index >= 15 is 0 Å². The Labute approximate surface area is 179 Å². The van der Waals surface area contributed by atoms with E-state index in [4.69, 9.17) is 9.97 Å². The van der Waals surface area contributed by atoms with Gasteiger partial charge in [0.2, 0.25) is 0 Å². The van der Waals surface area contributed by atoms with Crippen molar-refractivity contribution in [3.8, 4) is 0 Å². The molecule has 1 aliphatic heterocycles. The van der Waals surface area contributed by atoms with Crippen LogP contribution in [-0.2, 0) is 13.0 Å². The molecule has 1 fully saturated rings. The lowest BCUT2D eigenvalue weighted by molar-refractivity contribution is 0.141. The van der Waals surface area contributed by atoms with E-state index in [1.54, 1.807) is 0 Å². The zero-order valence-corrected chi connectivity index (χ0v) is 18.5. The highest BCUT2D eigenvalue weighted by atomic mass is 79.9. The fourth-order valence-corrected chi connectivity index (χ4v) is 5.04. The van der Waals surface area contributed by atoms with E-state index in [1.165, 1.54) is 11.8 Å². The van der Waals surface area contributed by atoms with Gasteiger partial charge in [-0.3, -0.25) is 0 Å². The van der Waals surface area contributed by atoms with Crippen LogP contribution < -0.4 is 4.90 Å². The first-order chi connectivity index (χ1) is 14.1. The summed E-state index contributed by atoms with van der Waals surface area (Å²) < 4.78 is 3.01. The summed E-state index contributed by atoms with van der Waals surface area (Å²) in [6.07, 6.45) is 4.20. The zero-order chi connectivity index (χ0) is 20.1. The maximum absolute atomic E-state index is 9.77. The number of aliphatic hydroxyl groups excluding tert-OH is 1. The van der Waals surface area contributed by atoms with Gasteiger partial charge in [-0.1, -0.05) is 6.92 Å². The number of halogens is 1. The summed E-state index contributed by atoms with van der Waals surface area (Å²) in [5.74, 6) is 0.843. The number of rotatable bonds is 5. The Morgan fingerprint density at radius 3 is 2.83 bits per heavy atom. The first-order valence-electron chi connectivity index (χ1n) is 9.57. The molecule has 0 aromatic carbocycles. The van der Waals surface area contributed by atoms with Gasteiger partial charge in [0, 0.05) is 36.4 Å². The molecule has 0 atom stereocenters. The van der Waals surface area contributed by atoms with E-state index in [0.29, 0.717) is 18.2 Å². The summed E-state index contributed by atoms with van der Waals surface area (Å²) in [5, 5.41) is 11.4. The molecule has 1 saturated heterocycles. The number of nitrogens with zero attached hydrogens (tertiary/aromatic N) is 6. The number of β-amino-alcohol motifs (C(OH)–C–C–N with tert-alkyl or cyclic N) is 1. The molecule has 0 radical (unpaired) electrons. The van der Waals surface area contributed by atoms with Crippen LogP contribution in [0.2, 0.25) is 0 Å². The van der Waals surface area contributed by atoms with Crippen LogP contribution in [0.25, 0.3) is 22.2 Å². The fraction of sp³-hybridized carbons (Fsp3) is 0.368. The smallest absolute Gasteiger partial charge is 0.196 e. The maximum Gasteiger partial charge on any atom is 0.196 e. The molecule has 4 aromatic heterocycles. The summed E-state index contributed by atoms with van der Waals surface area (Å²) in [5.41, 5.74) is 3.63. The number of aromatic amines is 1. The van der Waals surface area contributed by atoms with Gasteiger partial charge in [-0.05, 0) is 47.1 Å². The number of aliphatic hydroxyl groups is 1. The monoisotopic (exact) mass is 473 g/mol. The minimum absolute atomic E-state index is 0.306. The molecule has 29 heavy (non-hydrogen) atoms. The van der Waals surface area contributed by atoms with Crippen LogP contribution in [0.3, 0.4) is 0 Å². The van der Waals surface area contributed by atoms with Gasteiger partial charge in [0.25, 0.3) is 0 Å². The zero-order valence-electron chi connectivity index (χ0n) is 16.1. The molecule has 1 aliphatic rings. The Hall–Kier alpha value is -2.17. The van der Waals surface area contributed by atoms with Gasteiger partial charge in [-0.25, -0.2) is 19.9 Å². The van der Waals surface area contributed by atoms with Crippen molar-refractivity contribution < 1.29 is 5.11 Å². The molecule has 0 unspecified atom stereocenters. The van der Waals surface area contributed by atoms with Crippen molar-refractivity contribution in [1.82, 2.24) is 29.5 Å². The quantitative estimate of drug-likeness (QED) is 0.428. The van der Waals surface area contributed by atoms with Crippen molar-refractivity contribution in [3.63, 3.8) is 0 Å². The Morgan fingerprint density at radius 2 is 2.10 bits per heavy atom. The minimum Gasteiger partial charge on any atom is -0.389 e. The summed E-state index contributed by atoms with van der Waals surface area (Å²) in [6.45, 7) is 6.17. The first kappa shape index (κ1) is 18.8. The van der Waals surface area contributed by atoms with Crippen LogP contribution in [0, 0.1) is 0 Å². The van der Waals surface area contributed by atoms with Gasteiger partial charge in [0.15, 0.2) is 10.8 Å². The second-order valence-electron chi connectivity index (χ2n) is 7.03. The lowest BCUT2D eigenvalue weighted by Crippen LogP contribution is -2.51. The summed E-state index contributed by atoms with van der Waals surface area (Å²) in [6, 6.07) is 2.02. The number of hydrogen-bond acceptors (Lipinski definition) is 7. The summed E-state index contributed by atoms with van der Waals surface area (Å²) >= 11 is 5.16. The Morgan fingerprint density at radius 1 is 1.28 bits per heavy atom. The van der Waals surface area contributed by atoms with E-state index in [0.717, 1.165) is 56.0 Å². The second kappa shape index (κ2) is 7.26. The number of aromatic nitrogens is 6. The van der Waals surface area contributed by atoms with Crippen molar-refractivity contribution in [1.29, 1.82) is 0 Å². The highest BCUT2D eigenvalue weighted by molar-refractivity contribution is 9.10. The van der Waals surface area contributed by atoms with Gasteiger partial charge >= 0.3 is 0 Å². The van der Waals surface area contributed by atoms with Crippen molar-refractivity contribution in [2.75, 3.05) is 18.0 Å². The molecule has 5 rings (SSSR count). The topological polar surface area (TPSA) is 95.8 Å². The van der Waals surface area contributed by atoms with Gasteiger partial charge in [-0.2, -0.15) is 0 Å². The number of hydrogen-bond donors (Lipinski definition) is 2. The van der Waals surface area contributed by atoms with E-state index in [9.17, 15) is 5.11 Å². The number of pyridine rings is 1. The normalized spacial score (nSPS) is 14.8. The third-order valence-electron chi connectivity index (χ3n) is 5.12. The number of H-pyrrole nitrogens is 1. The molecule has 4 aromatic rings. The third kappa shape index (κ3) is 3.19. The lowest BCUT2D eigenvalue weighted by Gasteiger charge is -2.37. The van der Waals surface area contributed by atoms with Crippen molar-refractivity contribution >= 4 is 55.7 Å². The van der Waals surface area contributed by atoms with E-state index < -0.39 is 0 Å². The number of imidazole rings is 1. The van der Waals surface area contributed by atoms with Crippen LogP contribution >= 0.6 is 27.7 Å². The molecule has 0 aliphatic carbocycles. The standard InChI is InChI=1S/C19H20BrN7OS/c1-3-12-15(20)14-16(23-12)24-19(25-18(14)27-7-10(28)8-27)29-11-5-13-17(21-6-11)26(4-2)9-22-13/h5-6,9-10,28H,3-4,7-8H2,1-2H3,(H,23,24,25). The molecular weight excluding hydrogens is 454 g/mol. The SMILES string of the molecule is CCc1[nH]c2nc(Sc3cnc4c(c3)ncn4CC)nc(N3CC(O)C3)c2c1Br. The van der Waals surface area contributed by atoms with E-state index in [-0.39, 0.29) is 6.10 Å². The highest BCUT2D eigenvalue weighted by Crippen LogP contribution is 2.38. The minimum atomic E-state index is -0.306. The van der Waals surface area contributed by atoms with Crippen molar-refractivity contribution in [2.24, 2.45) is 0 Å². The maximum atomic E-state index is 9.77. The molecule has 0 spiro atoms. The van der Waals surface area contributed by atoms with Crippen LogP contribution in [0.5, 0.6) is 0 Å². The predicted octanol–water partition coefficient (Wildman–Crippen LogP) is 3.38. The molecule has 0 amide bonds. The number of fused-ring (bicyclic) bond motifs is 2. The van der Waals surface area contributed by atoms with E-state index in [1.807, 2.05) is 23.2 Å². The number of anilines is 1. The second-order valence-corrected chi connectivity index (χ2v) is 8.86. The average Bonchev–Trinajstić information content (AvgIpc) is 3.25. The molecule has 5 heterocycles. The Bertz CT molecular complexity index is 1210. The van der Waals surface area contributed by atoms with Crippen molar-refractivity contribution in [3.05, 3.63) is 28.8 Å². The molecule has 150 valence electrons. The summed E-state index contributed by atoms with van der Waals surface area (Å²) in [4.78, 5) is 25.0. The molecule has 2 N–H and O–H groups in total. The van der Waals surface area contributed by atoms with Gasteiger partial charge in [-0.15, -0.1) is 0 Å². The van der Waals surface area contributed by atoms with Crippen LogP contribution in [0.4, 0.5) is 5.82 Å². The fourth-order valence-electron chi connectivity index (χ4n) is 3.54. The van der Waals surface area contributed by atoms with Crippen molar-refractivity contribution in [2.45, 2.75) is 43.0 Å². The van der Waals surface area contributed by atoms with E-state index in [2.05, 4.69) is 49.6 Å². The molecule has 10 heteroatoms. The van der Waals surface area contributed by atoms with Crippen LogP contribution in [0.15, 0.2) is 33.1 Å². The largest absolute Gasteiger partial charge is 0.389 e. The molecular formula is C19H20BrN7OS. The predicted molar refractivity (Wildman–Crippen MR) is 117 cm³/mol. The van der Waals surface area contributed by atoms with Gasteiger partial charge in [0.1, 0.15) is 17.0 Å². The number of nitrogens with one attached hydrogen (secondary N) is 1. The Balaban J connectivity index is 1.56. The average molecular weight is 474 g/mol. The molecule has 8 nitrogen and oxygen atoms in total. The third-order valence-corrected chi connectivity index (χ3v) is 6.82. The first-order valence-corrected chi connectivity index (χ1v) is 11.2. The highest BCUT2D eigenvalue weighted by Gasteiger charge is 2.29. The van der Waals surface area contributed by atoms with Crippen LogP contribution in [-0.4, -0.2) is 53.8 Å². The molecule has 0 saturated carbocycles. The Kier molecular flexibility index (Phi) is 4.72. The number of aryl methyl sites for hydroxylation is 2. The molecule has 0 bridgehead atoms. The summed E-state index contributed by atoms with van der Waals surface area (Å²) in [7, 11) is 0. The van der Waals surface area contributed by atoms with Gasteiger partial charge in [0.05, 0.1) is 22.3 Å². The van der Waals surface area contributed by atoms with Crippen LogP contribution in [0.1, 0.15) is 19.5 Å². The van der Waals surface area contributed by atoms with Gasteiger partial charge < -0.3 is 19.6 Å². The lowest BCUT2D eigenvalue weighted by atomic mass is 10.1.